The summed E-state index contributed by atoms with van der Waals surface area (Å²) in [5, 5.41) is 5.07. The van der Waals surface area contributed by atoms with E-state index in [1.165, 1.54) is 0 Å². The van der Waals surface area contributed by atoms with Crippen molar-refractivity contribution in [3.05, 3.63) is 0 Å². The molecular weight excluding hydrogens is 202 g/mol. The largest absolute Gasteiger partial charge is 0.351 e. The van der Waals surface area contributed by atoms with Crippen molar-refractivity contribution in [2.45, 2.75) is 25.9 Å². The van der Waals surface area contributed by atoms with Gasteiger partial charge in [-0.3, -0.25) is 10.1 Å². The second-order valence-corrected chi connectivity index (χ2v) is 4.01. The summed E-state index contributed by atoms with van der Waals surface area (Å²) in [6.45, 7) is 3.67. The summed E-state index contributed by atoms with van der Waals surface area (Å²) in [6.07, 6.45) is 1.99. The van der Waals surface area contributed by atoms with Gasteiger partial charge >= 0.3 is 6.03 Å². The molecule has 2 atom stereocenters. The Labute approximate surface area is 88.2 Å². The number of hydrogen-bond acceptors (Lipinski definition) is 4. The number of carbonyl (C=O) groups excluding carboxylic acids is 2. The van der Waals surface area contributed by atoms with E-state index >= 15 is 0 Å². The van der Waals surface area contributed by atoms with E-state index < -0.39 is 18.0 Å². The topological polar surface area (TPSA) is 84.2 Å². The lowest BCUT2D eigenvalue weighted by Gasteiger charge is -2.17. The molecule has 2 unspecified atom stereocenters. The fourth-order valence-electron chi connectivity index (χ4n) is 1.03. The third kappa shape index (κ3) is 5.82. The highest BCUT2D eigenvalue weighted by Crippen LogP contribution is 1.97. The molecule has 0 aliphatic carbocycles. The monoisotopic (exact) mass is 219 g/mol. The summed E-state index contributed by atoms with van der Waals surface area (Å²) in [4.78, 5) is 21.6. The van der Waals surface area contributed by atoms with Crippen LogP contribution in [0.15, 0.2) is 0 Å². The number of imide groups is 1. The van der Waals surface area contributed by atoms with Gasteiger partial charge < -0.3 is 11.1 Å². The maximum Gasteiger partial charge on any atom is 0.318 e. The molecule has 0 aromatic heterocycles. The summed E-state index contributed by atoms with van der Waals surface area (Å²) in [5.74, 6) is 0.513. The minimum absolute atomic E-state index is 0.221. The Morgan fingerprint density at radius 1 is 1.43 bits per heavy atom. The maximum absolute atomic E-state index is 11.2. The second-order valence-electron chi connectivity index (χ2n) is 3.10. The maximum atomic E-state index is 11.2. The Morgan fingerprint density at radius 3 is 2.43 bits per heavy atom. The SMILES string of the molecule is CSCC(C)NC(C)C(=O)NC(N)=O. The Morgan fingerprint density at radius 2 is 2.00 bits per heavy atom. The van der Waals surface area contributed by atoms with Crippen LogP contribution in [0.4, 0.5) is 4.79 Å². The summed E-state index contributed by atoms with van der Waals surface area (Å²) in [7, 11) is 0. The smallest absolute Gasteiger partial charge is 0.318 e. The molecule has 0 spiro atoms. The number of amides is 3. The van der Waals surface area contributed by atoms with Gasteiger partial charge in [0.05, 0.1) is 6.04 Å². The number of carbonyl (C=O) groups is 2. The van der Waals surface area contributed by atoms with Crippen LogP contribution in [0.5, 0.6) is 0 Å². The molecule has 0 rings (SSSR count). The lowest BCUT2D eigenvalue weighted by molar-refractivity contribution is -0.121. The van der Waals surface area contributed by atoms with E-state index in [0.717, 1.165) is 5.75 Å². The predicted octanol–water partition coefficient (Wildman–Crippen LogP) is -0.0891. The molecule has 0 aromatic carbocycles. The van der Waals surface area contributed by atoms with Gasteiger partial charge in [-0.05, 0) is 20.1 Å². The lowest BCUT2D eigenvalue weighted by atomic mass is 10.2. The fraction of sp³-hybridized carbons (Fsp3) is 0.750. The van der Waals surface area contributed by atoms with E-state index in [9.17, 15) is 9.59 Å². The molecule has 0 saturated heterocycles. The molecule has 3 amide bonds. The van der Waals surface area contributed by atoms with Gasteiger partial charge in [0.15, 0.2) is 0 Å². The summed E-state index contributed by atoms with van der Waals surface area (Å²) >= 11 is 1.69. The third-order valence-electron chi connectivity index (χ3n) is 1.59. The molecule has 0 aliphatic heterocycles. The van der Waals surface area contributed by atoms with Gasteiger partial charge in [0.1, 0.15) is 0 Å². The van der Waals surface area contributed by atoms with Crippen LogP contribution in [0.3, 0.4) is 0 Å². The van der Waals surface area contributed by atoms with Gasteiger partial charge in [-0.25, -0.2) is 4.79 Å². The van der Waals surface area contributed by atoms with Crippen molar-refractivity contribution in [2.24, 2.45) is 5.73 Å². The van der Waals surface area contributed by atoms with E-state index in [4.69, 9.17) is 5.73 Å². The van der Waals surface area contributed by atoms with Crippen LogP contribution in [0.2, 0.25) is 0 Å². The first-order valence-electron chi connectivity index (χ1n) is 4.32. The number of urea groups is 1. The number of hydrogen-bond donors (Lipinski definition) is 3. The zero-order valence-corrected chi connectivity index (χ0v) is 9.48. The minimum Gasteiger partial charge on any atom is -0.351 e. The Balaban J connectivity index is 3.88. The van der Waals surface area contributed by atoms with E-state index in [-0.39, 0.29) is 6.04 Å². The van der Waals surface area contributed by atoms with Crippen molar-refractivity contribution in [3.63, 3.8) is 0 Å². The normalized spacial score (nSPS) is 14.5. The second kappa shape index (κ2) is 6.67. The van der Waals surface area contributed by atoms with Crippen LogP contribution in [0, 0.1) is 0 Å². The molecule has 82 valence electrons. The molecule has 0 aromatic rings. The molecule has 0 bridgehead atoms. The highest BCUT2D eigenvalue weighted by Gasteiger charge is 2.15. The van der Waals surface area contributed by atoms with Crippen LogP contribution in [-0.4, -0.2) is 36.0 Å². The molecular formula is C8H17N3O2S. The van der Waals surface area contributed by atoms with Crippen molar-refractivity contribution in [1.29, 1.82) is 0 Å². The highest BCUT2D eigenvalue weighted by atomic mass is 32.2. The minimum atomic E-state index is -0.818. The molecule has 0 fully saturated rings. The fourth-order valence-corrected chi connectivity index (χ4v) is 1.63. The molecule has 4 N–H and O–H groups in total. The van der Waals surface area contributed by atoms with Crippen molar-refractivity contribution >= 4 is 23.7 Å². The van der Waals surface area contributed by atoms with Crippen LogP contribution >= 0.6 is 11.8 Å². The van der Waals surface area contributed by atoms with Crippen LogP contribution in [0.1, 0.15) is 13.8 Å². The molecule has 0 heterocycles. The number of rotatable bonds is 5. The van der Waals surface area contributed by atoms with Crippen LogP contribution in [0.25, 0.3) is 0 Å². The van der Waals surface area contributed by atoms with Crippen molar-refractivity contribution in [3.8, 4) is 0 Å². The van der Waals surface area contributed by atoms with Gasteiger partial charge in [0.25, 0.3) is 0 Å². The molecule has 14 heavy (non-hydrogen) atoms. The molecule has 0 saturated carbocycles. The predicted molar refractivity (Wildman–Crippen MR) is 58.2 cm³/mol. The lowest BCUT2D eigenvalue weighted by Crippen LogP contribution is -2.49. The van der Waals surface area contributed by atoms with Crippen molar-refractivity contribution in [1.82, 2.24) is 10.6 Å². The standard InChI is InChI=1S/C8H17N3O2S/c1-5(4-14-3)10-6(2)7(12)11-8(9)13/h5-6,10H,4H2,1-3H3,(H3,9,11,12,13). The first-order valence-corrected chi connectivity index (χ1v) is 5.72. The van der Waals surface area contributed by atoms with E-state index in [1.54, 1.807) is 18.7 Å². The Hall–Kier alpha value is -0.750. The number of nitrogens with one attached hydrogen (secondary N) is 2. The van der Waals surface area contributed by atoms with E-state index in [0.29, 0.717) is 0 Å². The van der Waals surface area contributed by atoms with Gasteiger partial charge in [-0.1, -0.05) is 0 Å². The number of nitrogens with two attached hydrogens (primary N) is 1. The van der Waals surface area contributed by atoms with Gasteiger partial charge in [-0.15, -0.1) is 0 Å². The average Bonchev–Trinajstić information content (AvgIpc) is 2.02. The van der Waals surface area contributed by atoms with Gasteiger partial charge in [0.2, 0.25) is 5.91 Å². The quantitative estimate of drug-likeness (QED) is 0.603. The molecule has 0 aliphatic rings. The Kier molecular flexibility index (Phi) is 6.31. The summed E-state index contributed by atoms with van der Waals surface area (Å²) < 4.78 is 0. The first kappa shape index (κ1) is 13.2. The molecule has 0 radical (unpaired) electrons. The average molecular weight is 219 g/mol. The zero-order chi connectivity index (χ0) is 11.1. The summed E-state index contributed by atoms with van der Waals surface area (Å²) in [5.41, 5.74) is 4.82. The molecule has 6 heteroatoms. The number of primary amides is 1. The van der Waals surface area contributed by atoms with Crippen molar-refractivity contribution < 1.29 is 9.59 Å². The highest BCUT2D eigenvalue weighted by molar-refractivity contribution is 7.98. The van der Waals surface area contributed by atoms with Crippen LogP contribution in [-0.2, 0) is 4.79 Å². The first-order chi connectivity index (χ1) is 6.47. The van der Waals surface area contributed by atoms with Gasteiger partial charge in [-0.2, -0.15) is 11.8 Å². The van der Waals surface area contributed by atoms with Crippen molar-refractivity contribution in [2.75, 3.05) is 12.0 Å². The third-order valence-corrected chi connectivity index (χ3v) is 2.42. The summed E-state index contributed by atoms with van der Waals surface area (Å²) in [6, 6.07) is -1.01. The zero-order valence-electron chi connectivity index (χ0n) is 8.66. The molecule has 5 nitrogen and oxygen atoms in total. The van der Waals surface area contributed by atoms with E-state index in [2.05, 4.69) is 5.32 Å². The number of thioether (sulfide) groups is 1. The van der Waals surface area contributed by atoms with Gasteiger partial charge in [0, 0.05) is 11.8 Å². The van der Waals surface area contributed by atoms with E-state index in [1.807, 2.05) is 18.5 Å². The van der Waals surface area contributed by atoms with Crippen LogP contribution < -0.4 is 16.4 Å². The Bertz CT molecular complexity index is 211.